The molecule has 3 aromatic rings. The zero-order valence-corrected chi connectivity index (χ0v) is 17.5. The molecule has 0 bridgehead atoms. The molecule has 0 N–H and O–H groups in total. The SMILES string of the molecule is CC.Cc1cc2c3c(c1)cc(C1=CCCC=C1Cl)c1cc(C)cc(c13)CC2. The van der Waals surface area contributed by atoms with Crippen molar-refractivity contribution < 1.29 is 0 Å². The van der Waals surface area contributed by atoms with Crippen LogP contribution in [-0.4, -0.2) is 0 Å². The van der Waals surface area contributed by atoms with Gasteiger partial charge in [-0.2, -0.15) is 0 Å². The lowest BCUT2D eigenvalue weighted by Gasteiger charge is -2.23. The highest BCUT2D eigenvalue weighted by molar-refractivity contribution is 6.38. The van der Waals surface area contributed by atoms with Crippen molar-refractivity contribution in [3.8, 4) is 0 Å². The van der Waals surface area contributed by atoms with E-state index in [9.17, 15) is 0 Å². The quantitative estimate of drug-likeness (QED) is 0.378. The Kier molecular flexibility index (Phi) is 4.86. The molecule has 3 aromatic carbocycles. The molecule has 138 valence electrons. The van der Waals surface area contributed by atoms with Crippen LogP contribution < -0.4 is 0 Å². The highest BCUT2D eigenvalue weighted by Crippen LogP contribution is 2.43. The fraction of sp³-hybridized carbons (Fsp3) is 0.308. The topological polar surface area (TPSA) is 0 Å². The Morgan fingerprint density at radius 1 is 0.741 bits per heavy atom. The number of hydrogen-bond acceptors (Lipinski definition) is 0. The van der Waals surface area contributed by atoms with Gasteiger partial charge >= 0.3 is 0 Å². The standard InChI is InChI=1S/C24H21Cl.C2H6/c1-14-9-16-7-8-17-10-15(2)12-21-20(19-5-3-4-6-22(19)25)13-18(11-14)23(16)24(17)21;1-2/h5-6,9-13H,3-4,7-8H2,1-2H3;1-2H3. The lowest BCUT2D eigenvalue weighted by Crippen LogP contribution is -2.04. The molecule has 0 spiro atoms. The van der Waals surface area contributed by atoms with Crippen molar-refractivity contribution in [1.82, 2.24) is 0 Å². The van der Waals surface area contributed by atoms with E-state index >= 15 is 0 Å². The molecule has 5 rings (SSSR count). The molecule has 0 aromatic heterocycles. The second-order valence-electron chi connectivity index (χ2n) is 7.54. The molecule has 1 heteroatoms. The molecule has 0 unspecified atom stereocenters. The molecule has 0 saturated carbocycles. The minimum atomic E-state index is 0.903. The third-order valence-electron chi connectivity index (χ3n) is 5.65. The van der Waals surface area contributed by atoms with Gasteiger partial charge in [0.25, 0.3) is 0 Å². The Bertz CT molecular complexity index is 1110. The maximum Gasteiger partial charge on any atom is 0.0441 e. The second kappa shape index (κ2) is 7.17. The average molecular weight is 375 g/mol. The Morgan fingerprint density at radius 3 is 2.07 bits per heavy atom. The maximum atomic E-state index is 6.62. The van der Waals surface area contributed by atoms with E-state index in [1.807, 2.05) is 13.8 Å². The lowest BCUT2D eigenvalue weighted by molar-refractivity contribution is 0.964. The Morgan fingerprint density at radius 2 is 1.37 bits per heavy atom. The van der Waals surface area contributed by atoms with E-state index in [1.165, 1.54) is 54.9 Å². The first-order valence-electron chi connectivity index (χ1n) is 10.2. The number of rotatable bonds is 1. The molecular formula is C26H27Cl. The molecule has 0 heterocycles. The van der Waals surface area contributed by atoms with Gasteiger partial charge in [-0.1, -0.05) is 73.0 Å². The summed E-state index contributed by atoms with van der Waals surface area (Å²) in [6.45, 7) is 8.42. The first-order chi connectivity index (χ1) is 13.1. The van der Waals surface area contributed by atoms with Crippen molar-refractivity contribution in [3.05, 3.63) is 75.3 Å². The Hall–Kier alpha value is -2.05. The van der Waals surface area contributed by atoms with E-state index in [-0.39, 0.29) is 0 Å². The van der Waals surface area contributed by atoms with E-state index in [2.05, 4.69) is 56.3 Å². The summed E-state index contributed by atoms with van der Waals surface area (Å²) in [5, 5.41) is 6.54. The number of hydrogen-bond donors (Lipinski definition) is 0. The van der Waals surface area contributed by atoms with Crippen LogP contribution in [0.1, 0.15) is 54.5 Å². The highest BCUT2D eigenvalue weighted by Gasteiger charge is 2.21. The fourth-order valence-electron chi connectivity index (χ4n) is 4.68. The average Bonchev–Trinajstić information content (AvgIpc) is 2.67. The van der Waals surface area contributed by atoms with Crippen molar-refractivity contribution in [3.63, 3.8) is 0 Å². The number of benzene rings is 3. The zero-order valence-electron chi connectivity index (χ0n) is 16.7. The molecule has 0 nitrogen and oxygen atoms in total. The molecule has 0 fully saturated rings. The van der Waals surface area contributed by atoms with Crippen LogP contribution in [0.25, 0.3) is 27.1 Å². The van der Waals surface area contributed by atoms with Crippen LogP contribution >= 0.6 is 11.6 Å². The van der Waals surface area contributed by atoms with Crippen LogP contribution in [0.2, 0.25) is 0 Å². The minimum Gasteiger partial charge on any atom is -0.0840 e. The Balaban J connectivity index is 0.000000872. The number of halogens is 1. The first-order valence-corrected chi connectivity index (χ1v) is 10.6. The van der Waals surface area contributed by atoms with Gasteiger partial charge in [0.05, 0.1) is 0 Å². The molecular weight excluding hydrogens is 348 g/mol. The summed E-state index contributed by atoms with van der Waals surface area (Å²) in [6, 6.07) is 11.8. The molecule has 2 aliphatic rings. The third kappa shape index (κ3) is 3.01. The van der Waals surface area contributed by atoms with Gasteiger partial charge in [0.2, 0.25) is 0 Å². The summed E-state index contributed by atoms with van der Waals surface area (Å²) in [4.78, 5) is 0. The maximum absolute atomic E-state index is 6.62. The van der Waals surface area contributed by atoms with Crippen LogP contribution in [0, 0.1) is 13.8 Å². The zero-order chi connectivity index (χ0) is 19.1. The van der Waals surface area contributed by atoms with Gasteiger partial charge in [0, 0.05) is 5.03 Å². The van der Waals surface area contributed by atoms with Crippen molar-refractivity contribution in [2.75, 3.05) is 0 Å². The highest BCUT2D eigenvalue weighted by atomic mass is 35.5. The summed E-state index contributed by atoms with van der Waals surface area (Å²) in [6.07, 6.45) is 8.87. The summed E-state index contributed by atoms with van der Waals surface area (Å²) in [5.41, 5.74) is 8.20. The van der Waals surface area contributed by atoms with Crippen molar-refractivity contribution in [2.24, 2.45) is 0 Å². The van der Waals surface area contributed by atoms with Gasteiger partial charge in [0.15, 0.2) is 0 Å². The van der Waals surface area contributed by atoms with Crippen molar-refractivity contribution >= 4 is 38.7 Å². The molecule has 0 radical (unpaired) electrons. The van der Waals surface area contributed by atoms with E-state index in [1.54, 1.807) is 0 Å². The second-order valence-corrected chi connectivity index (χ2v) is 7.95. The normalized spacial score (nSPS) is 15.4. The predicted octanol–water partition coefficient (Wildman–Crippen LogP) is 8.03. The lowest BCUT2D eigenvalue weighted by atomic mass is 9.81. The van der Waals surface area contributed by atoms with E-state index in [0.29, 0.717) is 0 Å². The number of aryl methyl sites for hydroxylation is 4. The van der Waals surface area contributed by atoms with Crippen molar-refractivity contribution in [2.45, 2.75) is 53.4 Å². The summed E-state index contributed by atoms with van der Waals surface area (Å²) in [7, 11) is 0. The van der Waals surface area contributed by atoms with Gasteiger partial charge in [-0.05, 0) is 89.4 Å². The van der Waals surface area contributed by atoms with Crippen LogP contribution in [0.5, 0.6) is 0 Å². The largest absolute Gasteiger partial charge is 0.0840 e. The smallest absolute Gasteiger partial charge is 0.0441 e. The van der Waals surface area contributed by atoms with E-state index < -0.39 is 0 Å². The summed E-state index contributed by atoms with van der Waals surface area (Å²) >= 11 is 6.62. The van der Waals surface area contributed by atoms with Gasteiger partial charge < -0.3 is 0 Å². The summed E-state index contributed by atoms with van der Waals surface area (Å²) in [5.74, 6) is 0. The molecule has 0 atom stereocenters. The summed E-state index contributed by atoms with van der Waals surface area (Å²) < 4.78 is 0. The molecule has 27 heavy (non-hydrogen) atoms. The molecule has 2 aliphatic carbocycles. The van der Waals surface area contributed by atoms with Gasteiger partial charge in [-0.25, -0.2) is 0 Å². The van der Waals surface area contributed by atoms with E-state index in [4.69, 9.17) is 11.6 Å². The molecule has 0 amide bonds. The Labute approximate surface area is 167 Å². The monoisotopic (exact) mass is 374 g/mol. The van der Waals surface area contributed by atoms with Crippen LogP contribution in [0.4, 0.5) is 0 Å². The first kappa shape index (κ1) is 18.3. The predicted molar refractivity (Wildman–Crippen MR) is 121 cm³/mol. The minimum absolute atomic E-state index is 0.903. The third-order valence-corrected chi connectivity index (χ3v) is 6.01. The number of allylic oxidation sites excluding steroid dienone is 4. The van der Waals surface area contributed by atoms with Crippen LogP contribution in [-0.2, 0) is 12.8 Å². The van der Waals surface area contributed by atoms with E-state index in [0.717, 1.165) is 30.7 Å². The molecule has 0 aliphatic heterocycles. The van der Waals surface area contributed by atoms with Crippen molar-refractivity contribution in [1.29, 1.82) is 0 Å². The van der Waals surface area contributed by atoms with Crippen LogP contribution in [0.3, 0.4) is 0 Å². The van der Waals surface area contributed by atoms with Gasteiger partial charge in [0.1, 0.15) is 0 Å². The molecule has 0 saturated heterocycles. The van der Waals surface area contributed by atoms with Gasteiger partial charge in [-0.15, -0.1) is 0 Å². The van der Waals surface area contributed by atoms with Gasteiger partial charge in [-0.3, -0.25) is 0 Å². The van der Waals surface area contributed by atoms with Crippen LogP contribution in [0.15, 0.2) is 47.5 Å². The fourth-order valence-corrected chi connectivity index (χ4v) is 4.97.